The molecule has 0 saturated heterocycles. The molecular weight excluding hydrogens is 439 g/mol. The standard InChI is InChI=1S/C20H30N4O.HI/c1-3-22-20(23-14-13-16-7-5-4-6-8-16)24-15-17-9-11-18(12-10-17)19(25)21-2;/h7,9-12H,3-6,8,13-15H2,1-2H3,(H,21,25)(H2,22,23,24);1H. The van der Waals surface area contributed by atoms with Gasteiger partial charge in [-0.2, -0.15) is 0 Å². The van der Waals surface area contributed by atoms with Crippen molar-refractivity contribution in [3.05, 3.63) is 47.0 Å². The number of rotatable bonds is 7. The summed E-state index contributed by atoms with van der Waals surface area (Å²) in [7, 11) is 1.64. The van der Waals surface area contributed by atoms with Crippen molar-refractivity contribution in [3.8, 4) is 0 Å². The molecule has 0 heterocycles. The Labute approximate surface area is 174 Å². The fraction of sp³-hybridized carbons (Fsp3) is 0.500. The summed E-state index contributed by atoms with van der Waals surface area (Å²) >= 11 is 0. The summed E-state index contributed by atoms with van der Waals surface area (Å²) in [6, 6.07) is 7.56. The molecule has 0 radical (unpaired) electrons. The van der Waals surface area contributed by atoms with Gasteiger partial charge in [-0.25, -0.2) is 4.99 Å². The lowest BCUT2D eigenvalue weighted by molar-refractivity contribution is 0.0963. The molecule has 26 heavy (non-hydrogen) atoms. The molecule has 5 nitrogen and oxygen atoms in total. The van der Waals surface area contributed by atoms with Gasteiger partial charge in [-0.3, -0.25) is 4.79 Å². The lowest BCUT2D eigenvalue weighted by atomic mass is 9.97. The van der Waals surface area contributed by atoms with Crippen LogP contribution in [0, 0.1) is 0 Å². The number of allylic oxidation sites excluding steroid dienone is 1. The first-order valence-electron chi connectivity index (χ1n) is 9.24. The molecule has 0 aliphatic heterocycles. The van der Waals surface area contributed by atoms with E-state index in [-0.39, 0.29) is 29.9 Å². The molecule has 1 aromatic carbocycles. The molecule has 1 aliphatic carbocycles. The highest BCUT2D eigenvalue weighted by molar-refractivity contribution is 14.0. The van der Waals surface area contributed by atoms with Crippen molar-refractivity contribution in [1.29, 1.82) is 0 Å². The fourth-order valence-corrected chi connectivity index (χ4v) is 2.89. The van der Waals surface area contributed by atoms with Crippen LogP contribution in [0.1, 0.15) is 54.9 Å². The van der Waals surface area contributed by atoms with Gasteiger partial charge in [0.1, 0.15) is 0 Å². The Morgan fingerprint density at radius 3 is 2.54 bits per heavy atom. The summed E-state index contributed by atoms with van der Waals surface area (Å²) in [4.78, 5) is 16.2. The molecule has 144 valence electrons. The van der Waals surface area contributed by atoms with Gasteiger partial charge in [0.05, 0.1) is 6.54 Å². The second kappa shape index (κ2) is 12.7. The number of amides is 1. The van der Waals surface area contributed by atoms with Gasteiger partial charge in [0.15, 0.2) is 5.96 Å². The molecular formula is C20H31IN4O. The van der Waals surface area contributed by atoms with Gasteiger partial charge in [-0.1, -0.05) is 23.8 Å². The number of hydrogen-bond acceptors (Lipinski definition) is 2. The van der Waals surface area contributed by atoms with Crippen LogP contribution >= 0.6 is 24.0 Å². The molecule has 3 N–H and O–H groups in total. The lowest BCUT2D eigenvalue weighted by Crippen LogP contribution is -2.37. The second-order valence-corrected chi connectivity index (χ2v) is 6.26. The van der Waals surface area contributed by atoms with E-state index in [1.807, 2.05) is 24.3 Å². The van der Waals surface area contributed by atoms with Crippen LogP contribution in [0.15, 0.2) is 40.9 Å². The summed E-state index contributed by atoms with van der Waals surface area (Å²) in [5, 5.41) is 9.32. The van der Waals surface area contributed by atoms with E-state index in [1.54, 1.807) is 12.6 Å². The number of carbonyl (C=O) groups excluding carboxylic acids is 1. The molecule has 2 rings (SSSR count). The first-order valence-corrected chi connectivity index (χ1v) is 9.24. The second-order valence-electron chi connectivity index (χ2n) is 6.26. The topological polar surface area (TPSA) is 65.5 Å². The maximum atomic E-state index is 11.6. The van der Waals surface area contributed by atoms with Crippen LogP contribution in [0.25, 0.3) is 0 Å². The highest BCUT2D eigenvalue weighted by Crippen LogP contribution is 2.19. The highest BCUT2D eigenvalue weighted by atomic mass is 127. The minimum Gasteiger partial charge on any atom is -0.357 e. The van der Waals surface area contributed by atoms with E-state index in [4.69, 9.17) is 0 Å². The number of halogens is 1. The van der Waals surface area contributed by atoms with Crippen molar-refractivity contribution in [2.75, 3.05) is 20.1 Å². The van der Waals surface area contributed by atoms with Gasteiger partial charge in [0.25, 0.3) is 5.91 Å². The molecule has 0 spiro atoms. The van der Waals surface area contributed by atoms with Gasteiger partial charge in [-0.05, 0) is 56.7 Å². The Bertz CT molecular complexity index is 611. The average molecular weight is 470 g/mol. The van der Waals surface area contributed by atoms with Crippen LogP contribution < -0.4 is 16.0 Å². The van der Waals surface area contributed by atoms with Crippen molar-refractivity contribution in [3.63, 3.8) is 0 Å². The predicted molar refractivity (Wildman–Crippen MR) is 119 cm³/mol. The van der Waals surface area contributed by atoms with Crippen molar-refractivity contribution in [2.45, 2.75) is 45.6 Å². The molecule has 1 aliphatic rings. The summed E-state index contributed by atoms with van der Waals surface area (Å²) < 4.78 is 0. The number of benzene rings is 1. The largest absolute Gasteiger partial charge is 0.357 e. The zero-order chi connectivity index (χ0) is 17.9. The maximum absolute atomic E-state index is 11.6. The van der Waals surface area contributed by atoms with Crippen molar-refractivity contribution in [1.82, 2.24) is 16.0 Å². The van der Waals surface area contributed by atoms with E-state index >= 15 is 0 Å². The molecule has 0 fully saturated rings. The van der Waals surface area contributed by atoms with Crippen LogP contribution in [0.5, 0.6) is 0 Å². The molecule has 1 amide bonds. The smallest absolute Gasteiger partial charge is 0.251 e. The SMILES string of the molecule is CCNC(=NCc1ccc(C(=O)NC)cc1)NCCC1=CCCCC1.I. The molecule has 0 unspecified atom stereocenters. The molecule has 6 heteroatoms. The summed E-state index contributed by atoms with van der Waals surface area (Å²) in [6.45, 7) is 4.41. The van der Waals surface area contributed by atoms with E-state index in [9.17, 15) is 4.79 Å². The van der Waals surface area contributed by atoms with Crippen LogP contribution in [-0.4, -0.2) is 32.0 Å². The maximum Gasteiger partial charge on any atom is 0.251 e. The third kappa shape index (κ3) is 7.76. The normalized spacial score (nSPS) is 14.1. The Morgan fingerprint density at radius 1 is 1.15 bits per heavy atom. The molecule has 0 atom stereocenters. The van der Waals surface area contributed by atoms with E-state index in [0.717, 1.165) is 31.0 Å². The fourth-order valence-electron chi connectivity index (χ4n) is 2.89. The van der Waals surface area contributed by atoms with Gasteiger partial charge in [0, 0.05) is 25.7 Å². The number of aliphatic imine (C=N–C) groups is 1. The van der Waals surface area contributed by atoms with Crippen LogP contribution in [-0.2, 0) is 6.54 Å². The van der Waals surface area contributed by atoms with E-state index in [0.29, 0.717) is 12.1 Å². The number of guanidine groups is 1. The molecule has 0 bridgehead atoms. The van der Waals surface area contributed by atoms with Gasteiger partial charge < -0.3 is 16.0 Å². The van der Waals surface area contributed by atoms with E-state index < -0.39 is 0 Å². The Hall–Kier alpha value is -1.57. The van der Waals surface area contributed by atoms with Crippen molar-refractivity contribution < 1.29 is 4.79 Å². The third-order valence-corrected chi connectivity index (χ3v) is 4.33. The van der Waals surface area contributed by atoms with Crippen molar-refractivity contribution >= 4 is 35.8 Å². The zero-order valence-electron chi connectivity index (χ0n) is 15.8. The number of nitrogens with one attached hydrogen (secondary N) is 3. The highest BCUT2D eigenvalue weighted by Gasteiger charge is 2.05. The monoisotopic (exact) mass is 470 g/mol. The van der Waals surface area contributed by atoms with E-state index in [2.05, 4.69) is 33.9 Å². The summed E-state index contributed by atoms with van der Waals surface area (Å²) in [6.07, 6.45) is 8.61. The quantitative estimate of drug-likeness (QED) is 0.247. The minimum atomic E-state index is -0.0675. The first-order chi connectivity index (χ1) is 12.2. The summed E-state index contributed by atoms with van der Waals surface area (Å²) in [5.74, 6) is 0.774. The van der Waals surface area contributed by atoms with Gasteiger partial charge in [0.2, 0.25) is 0 Å². The minimum absolute atomic E-state index is 0. The molecule has 0 saturated carbocycles. The van der Waals surface area contributed by atoms with Crippen LogP contribution in [0.2, 0.25) is 0 Å². The Morgan fingerprint density at radius 2 is 1.92 bits per heavy atom. The zero-order valence-corrected chi connectivity index (χ0v) is 18.1. The number of hydrogen-bond donors (Lipinski definition) is 3. The average Bonchev–Trinajstić information content (AvgIpc) is 2.66. The molecule has 1 aromatic rings. The van der Waals surface area contributed by atoms with Crippen LogP contribution in [0.3, 0.4) is 0 Å². The predicted octanol–water partition coefficient (Wildman–Crippen LogP) is 3.61. The van der Waals surface area contributed by atoms with E-state index in [1.165, 1.54) is 25.7 Å². The van der Waals surface area contributed by atoms with Crippen molar-refractivity contribution in [2.24, 2.45) is 4.99 Å². The first kappa shape index (κ1) is 22.5. The number of nitrogens with zero attached hydrogens (tertiary/aromatic N) is 1. The Balaban J connectivity index is 0.00000338. The van der Waals surface area contributed by atoms with Crippen LogP contribution in [0.4, 0.5) is 0 Å². The third-order valence-electron chi connectivity index (χ3n) is 4.33. The van der Waals surface area contributed by atoms with Gasteiger partial charge in [-0.15, -0.1) is 24.0 Å². The summed E-state index contributed by atoms with van der Waals surface area (Å²) in [5.41, 5.74) is 3.32. The molecule has 0 aromatic heterocycles. The number of carbonyl (C=O) groups is 1. The lowest BCUT2D eigenvalue weighted by Gasteiger charge is -2.15. The Kier molecular flexibility index (Phi) is 11.0. The van der Waals surface area contributed by atoms with Gasteiger partial charge >= 0.3 is 0 Å².